The minimum atomic E-state index is -0.842. The van der Waals surface area contributed by atoms with Crippen LogP contribution in [0.2, 0.25) is 0 Å². The molecule has 0 radical (unpaired) electrons. The summed E-state index contributed by atoms with van der Waals surface area (Å²) >= 11 is 0. The summed E-state index contributed by atoms with van der Waals surface area (Å²) in [5.74, 6) is -1.92. The Labute approximate surface area is 168 Å². The Morgan fingerprint density at radius 2 is 2.03 bits per heavy atom. The second-order valence-electron chi connectivity index (χ2n) is 7.28. The zero-order chi connectivity index (χ0) is 20.2. The van der Waals surface area contributed by atoms with Gasteiger partial charge in [0.25, 0.3) is 0 Å². The predicted molar refractivity (Wildman–Crippen MR) is 107 cm³/mol. The van der Waals surface area contributed by atoms with Gasteiger partial charge in [-0.2, -0.15) is 5.10 Å². The van der Waals surface area contributed by atoms with Crippen molar-refractivity contribution in [2.75, 3.05) is 18.4 Å². The van der Waals surface area contributed by atoms with Crippen LogP contribution in [0.25, 0.3) is 5.69 Å². The van der Waals surface area contributed by atoms with Gasteiger partial charge in [-0.25, -0.2) is 13.5 Å². The second-order valence-corrected chi connectivity index (χ2v) is 7.28. The maximum absolute atomic E-state index is 14.0. The molecule has 1 aliphatic heterocycles. The molecular weight excluding hydrogens is 374 g/mol. The predicted octanol–water partition coefficient (Wildman–Crippen LogP) is 4.00. The van der Waals surface area contributed by atoms with Crippen molar-refractivity contribution in [1.29, 1.82) is 0 Å². The van der Waals surface area contributed by atoms with Gasteiger partial charge >= 0.3 is 0 Å². The van der Waals surface area contributed by atoms with Crippen LogP contribution >= 0.6 is 0 Å². The van der Waals surface area contributed by atoms with E-state index < -0.39 is 11.6 Å². The summed E-state index contributed by atoms with van der Waals surface area (Å²) in [5.41, 5.74) is 1.88. The standard InChI is InChI=1S/C22H22F2N4O/c23-20-9-1-5-16(21(20)24)14-27-11-3-6-17(15-27)22(29)26-18-7-2-8-19(13-18)28-12-4-10-25-28/h1-2,4-5,7-10,12-13,17H,3,6,11,14-15H2,(H,26,29)/t17-/m0/s1. The molecule has 3 aromatic rings. The van der Waals surface area contributed by atoms with Gasteiger partial charge in [0.2, 0.25) is 5.91 Å². The average Bonchev–Trinajstić information content (AvgIpc) is 3.27. The Balaban J connectivity index is 1.40. The Bertz CT molecular complexity index is 990. The van der Waals surface area contributed by atoms with E-state index in [9.17, 15) is 13.6 Å². The SMILES string of the molecule is O=C(Nc1cccc(-n2cccn2)c1)[C@H]1CCCN(Cc2cccc(F)c2F)C1. The molecule has 1 fully saturated rings. The molecule has 1 atom stereocenters. The highest BCUT2D eigenvalue weighted by atomic mass is 19.2. The highest BCUT2D eigenvalue weighted by Gasteiger charge is 2.26. The summed E-state index contributed by atoms with van der Waals surface area (Å²) in [7, 11) is 0. The molecular formula is C22H22F2N4O. The number of piperidine rings is 1. The fourth-order valence-corrected chi connectivity index (χ4v) is 3.72. The van der Waals surface area contributed by atoms with E-state index in [2.05, 4.69) is 10.4 Å². The Hall–Kier alpha value is -3.06. The van der Waals surface area contributed by atoms with Gasteiger partial charge in [0.15, 0.2) is 11.6 Å². The first-order valence-electron chi connectivity index (χ1n) is 9.66. The lowest BCUT2D eigenvalue weighted by molar-refractivity contribution is -0.121. The number of nitrogens with zero attached hydrogens (tertiary/aromatic N) is 3. The molecule has 0 saturated carbocycles. The second kappa shape index (κ2) is 8.53. The quantitative estimate of drug-likeness (QED) is 0.709. The molecule has 1 saturated heterocycles. The topological polar surface area (TPSA) is 50.2 Å². The van der Waals surface area contributed by atoms with Gasteiger partial charge in [-0.15, -0.1) is 0 Å². The van der Waals surface area contributed by atoms with Gasteiger partial charge in [0.1, 0.15) is 0 Å². The molecule has 150 valence electrons. The summed E-state index contributed by atoms with van der Waals surface area (Å²) in [6.07, 6.45) is 5.14. The van der Waals surface area contributed by atoms with Crippen LogP contribution in [-0.2, 0) is 11.3 Å². The van der Waals surface area contributed by atoms with E-state index in [0.29, 0.717) is 24.3 Å². The first kappa shape index (κ1) is 19.3. The third-order valence-electron chi connectivity index (χ3n) is 5.18. The van der Waals surface area contributed by atoms with Gasteiger partial charge in [-0.1, -0.05) is 18.2 Å². The third kappa shape index (κ3) is 4.51. The molecule has 1 aliphatic rings. The summed E-state index contributed by atoms with van der Waals surface area (Å²) in [6, 6.07) is 13.5. The fraction of sp³-hybridized carbons (Fsp3) is 0.273. The number of anilines is 1. The number of nitrogens with one attached hydrogen (secondary N) is 1. The number of halogens is 2. The van der Waals surface area contributed by atoms with Crippen molar-refractivity contribution >= 4 is 11.6 Å². The lowest BCUT2D eigenvalue weighted by Gasteiger charge is -2.32. The zero-order valence-electron chi connectivity index (χ0n) is 15.9. The van der Waals surface area contributed by atoms with Gasteiger partial charge < -0.3 is 5.32 Å². The minimum Gasteiger partial charge on any atom is -0.326 e. The smallest absolute Gasteiger partial charge is 0.228 e. The number of carbonyl (C=O) groups is 1. The van der Waals surface area contributed by atoms with Gasteiger partial charge in [-0.3, -0.25) is 9.69 Å². The van der Waals surface area contributed by atoms with Crippen LogP contribution in [0.3, 0.4) is 0 Å². The van der Waals surface area contributed by atoms with E-state index in [1.54, 1.807) is 16.9 Å². The molecule has 1 N–H and O–H groups in total. The van der Waals surface area contributed by atoms with E-state index in [-0.39, 0.29) is 11.8 Å². The number of hydrogen-bond acceptors (Lipinski definition) is 3. The van der Waals surface area contributed by atoms with Crippen LogP contribution in [0, 0.1) is 17.6 Å². The lowest BCUT2D eigenvalue weighted by atomic mass is 9.96. The molecule has 0 bridgehead atoms. The summed E-state index contributed by atoms with van der Waals surface area (Å²) < 4.78 is 29.1. The molecule has 29 heavy (non-hydrogen) atoms. The molecule has 1 amide bonds. The van der Waals surface area contributed by atoms with Crippen LogP contribution < -0.4 is 5.32 Å². The van der Waals surface area contributed by atoms with Crippen molar-refractivity contribution in [3.63, 3.8) is 0 Å². The Kier molecular flexibility index (Phi) is 5.67. The molecule has 4 rings (SSSR count). The number of amides is 1. The zero-order valence-corrected chi connectivity index (χ0v) is 15.9. The molecule has 0 unspecified atom stereocenters. The number of rotatable bonds is 5. The van der Waals surface area contributed by atoms with Crippen LogP contribution in [-0.4, -0.2) is 33.7 Å². The van der Waals surface area contributed by atoms with E-state index >= 15 is 0 Å². The van der Waals surface area contributed by atoms with Crippen LogP contribution in [0.5, 0.6) is 0 Å². The maximum Gasteiger partial charge on any atom is 0.228 e. The lowest BCUT2D eigenvalue weighted by Crippen LogP contribution is -2.40. The van der Waals surface area contributed by atoms with Gasteiger partial charge in [-0.05, 0) is 49.7 Å². The van der Waals surface area contributed by atoms with Crippen molar-refractivity contribution in [3.05, 3.63) is 78.1 Å². The van der Waals surface area contributed by atoms with Gasteiger partial charge in [0, 0.05) is 36.7 Å². The Morgan fingerprint density at radius 3 is 2.86 bits per heavy atom. The van der Waals surface area contributed by atoms with Crippen molar-refractivity contribution in [2.24, 2.45) is 5.92 Å². The molecule has 2 heterocycles. The van der Waals surface area contributed by atoms with Crippen molar-refractivity contribution in [1.82, 2.24) is 14.7 Å². The number of hydrogen-bond donors (Lipinski definition) is 1. The summed E-state index contributed by atoms with van der Waals surface area (Å²) in [6.45, 7) is 1.57. The van der Waals surface area contributed by atoms with Gasteiger partial charge in [0.05, 0.1) is 11.6 Å². The van der Waals surface area contributed by atoms with E-state index in [0.717, 1.165) is 31.1 Å². The van der Waals surface area contributed by atoms with Crippen LogP contribution in [0.15, 0.2) is 60.9 Å². The van der Waals surface area contributed by atoms with E-state index in [1.807, 2.05) is 41.4 Å². The average molecular weight is 396 g/mol. The number of benzene rings is 2. The highest BCUT2D eigenvalue weighted by Crippen LogP contribution is 2.22. The van der Waals surface area contributed by atoms with Crippen molar-refractivity contribution in [2.45, 2.75) is 19.4 Å². The van der Waals surface area contributed by atoms with Crippen molar-refractivity contribution < 1.29 is 13.6 Å². The molecule has 1 aromatic heterocycles. The number of aromatic nitrogens is 2. The van der Waals surface area contributed by atoms with E-state index in [1.165, 1.54) is 6.07 Å². The summed E-state index contributed by atoms with van der Waals surface area (Å²) in [4.78, 5) is 14.8. The Morgan fingerprint density at radius 1 is 1.17 bits per heavy atom. The molecule has 7 heteroatoms. The van der Waals surface area contributed by atoms with E-state index in [4.69, 9.17) is 0 Å². The number of carbonyl (C=O) groups excluding carboxylic acids is 1. The maximum atomic E-state index is 14.0. The highest BCUT2D eigenvalue weighted by molar-refractivity contribution is 5.93. The third-order valence-corrected chi connectivity index (χ3v) is 5.18. The largest absolute Gasteiger partial charge is 0.326 e. The minimum absolute atomic E-state index is 0.0629. The monoisotopic (exact) mass is 396 g/mol. The van der Waals surface area contributed by atoms with Crippen LogP contribution in [0.1, 0.15) is 18.4 Å². The molecule has 0 spiro atoms. The summed E-state index contributed by atoms with van der Waals surface area (Å²) in [5, 5.41) is 7.18. The first-order valence-corrected chi connectivity index (χ1v) is 9.66. The molecule has 5 nitrogen and oxygen atoms in total. The normalized spacial score (nSPS) is 17.2. The first-order chi connectivity index (χ1) is 14.1. The van der Waals surface area contributed by atoms with Crippen LogP contribution in [0.4, 0.5) is 14.5 Å². The molecule has 0 aliphatic carbocycles. The molecule has 2 aromatic carbocycles. The number of likely N-dealkylation sites (tertiary alicyclic amines) is 1. The van der Waals surface area contributed by atoms with Crippen molar-refractivity contribution in [3.8, 4) is 5.69 Å². The fourth-order valence-electron chi connectivity index (χ4n) is 3.72.